The first kappa shape index (κ1) is 17.6. The summed E-state index contributed by atoms with van der Waals surface area (Å²) in [5.41, 5.74) is 1.21. The Bertz CT molecular complexity index is 798. The molecule has 0 radical (unpaired) electrons. The number of amides is 1. The minimum Gasteiger partial charge on any atom is -0.485 e. The van der Waals surface area contributed by atoms with Crippen molar-refractivity contribution in [2.24, 2.45) is 0 Å². The summed E-state index contributed by atoms with van der Waals surface area (Å²) < 4.78 is 11.5. The van der Waals surface area contributed by atoms with Crippen LogP contribution in [0.4, 0.5) is 0 Å². The third-order valence-corrected chi connectivity index (χ3v) is 4.94. The van der Waals surface area contributed by atoms with Gasteiger partial charge in [0.2, 0.25) is 6.10 Å². The van der Waals surface area contributed by atoms with Gasteiger partial charge in [0.1, 0.15) is 6.61 Å². The van der Waals surface area contributed by atoms with Crippen molar-refractivity contribution in [2.75, 3.05) is 39.3 Å². The standard InChI is InChI=1S/C22H24N2O3/c25-22(21-17-26-19-10-4-5-11-20(19)27-21)24-15-13-23(14-16-24)12-6-9-18-7-2-1-3-8-18/h1-11,21H,12-17H2/b9-6+/t21-/m0/s1. The Morgan fingerprint density at radius 2 is 1.67 bits per heavy atom. The van der Waals surface area contributed by atoms with Gasteiger partial charge in [0, 0.05) is 32.7 Å². The highest BCUT2D eigenvalue weighted by Crippen LogP contribution is 2.31. The lowest BCUT2D eigenvalue weighted by molar-refractivity contribution is -0.142. The maximum Gasteiger partial charge on any atom is 0.267 e. The van der Waals surface area contributed by atoms with Gasteiger partial charge in [-0.1, -0.05) is 54.6 Å². The molecule has 27 heavy (non-hydrogen) atoms. The Labute approximate surface area is 159 Å². The highest BCUT2D eigenvalue weighted by atomic mass is 16.6. The molecule has 5 heteroatoms. The van der Waals surface area contributed by atoms with E-state index in [1.165, 1.54) is 5.56 Å². The molecule has 1 amide bonds. The average molecular weight is 364 g/mol. The van der Waals surface area contributed by atoms with Gasteiger partial charge in [-0.05, 0) is 17.7 Å². The van der Waals surface area contributed by atoms with Crippen molar-refractivity contribution in [2.45, 2.75) is 6.10 Å². The fraction of sp³-hybridized carbons (Fsp3) is 0.318. The number of ether oxygens (including phenoxy) is 2. The molecule has 1 fully saturated rings. The van der Waals surface area contributed by atoms with E-state index in [0.717, 1.165) is 32.7 Å². The van der Waals surface area contributed by atoms with Crippen LogP contribution in [-0.4, -0.2) is 61.1 Å². The largest absolute Gasteiger partial charge is 0.485 e. The molecule has 2 heterocycles. The topological polar surface area (TPSA) is 42.0 Å². The molecule has 2 aromatic carbocycles. The summed E-state index contributed by atoms with van der Waals surface area (Å²) in [6, 6.07) is 17.8. The van der Waals surface area contributed by atoms with E-state index in [-0.39, 0.29) is 12.5 Å². The monoisotopic (exact) mass is 364 g/mol. The lowest BCUT2D eigenvalue weighted by Gasteiger charge is -2.36. The zero-order valence-electron chi connectivity index (χ0n) is 15.3. The van der Waals surface area contributed by atoms with Gasteiger partial charge < -0.3 is 14.4 Å². The molecule has 2 aliphatic rings. The predicted octanol–water partition coefficient (Wildman–Crippen LogP) is 2.68. The number of hydrogen-bond donors (Lipinski definition) is 0. The molecule has 140 valence electrons. The predicted molar refractivity (Wildman–Crippen MR) is 105 cm³/mol. The summed E-state index contributed by atoms with van der Waals surface area (Å²) in [5, 5.41) is 0. The van der Waals surface area contributed by atoms with E-state index in [0.29, 0.717) is 11.5 Å². The van der Waals surface area contributed by atoms with Crippen LogP contribution in [0.3, 0.4) is 0 Å². The first-order valence-corrected chi connectivity index (χ1v) is 9.41. The number of benzene rings is 2. The van der Waals surface area contributed by atoms with E-state index in [1.54, 1.807) is 0 Å². The lowest BCUT2D eigenvalue weighted by atomic mass is 10.2. The number of fused-ring (bicyclic) bond motifs is 1. The van der Waals surface area contributed by atoms with E-state index in [4.69, 9.17) is 9.47 Å². The molecule has 2 aromatic rings. The van der Waals surface area contributed by atoms with Crippen LogP contribution < -0.4 is 9.47 Å². The summed E-state index contributed by atoms with van der Waals surface area (Å²) in [6.07, 6.45) is 3.77. The number of hydrogen-bond acceptors (Lipinski definition) is 4. The SMILES string of the molecule is O=C([C@@H]1COc2ccccc2O1)N1CCN(C/C=C/c2ccccc2)CC1. The molecule has 0 unspecified atom stereocenters. The first-order chi connectivity index (χ1) is 13.3. The maximum atomic E-state index is 12.8. The van der Waals surface area contributed by atoms with Crippen LogP contribution in [0, 0.1) is 0 Å². The molecule has 1 saturated heterocycles. The van der Waals surface area contributed by atoms with Gasteiger partial charge >= 0.3 is 0 Å². The van der Waals surface area contributed by atoms with Crippen molar-refractivity contribution in [3.05, 3.63) is 66.2 Å². The van der Waals surface area contributed by atoms with Crippen molar-refractivity contribution in [3.8, 4) is 11.5 Å². The molecule has 2 aliphatic heterocycles. The Morgan fingerprint density at radius 3 is 2.44 bits per heavy atom. The van der Waals surface area contributed by atoms with Crippen LogP contribution in [-0.2, 0) is 4.79 Å². The number of piperazine rings is 1. The van der Waals surface area contributed by atoms with Crippen LogP contribution in [0.25, 0.3) is 6.08 Å². The third kappa shape index (κ3) is 4.31. The fourth-order valence-corrected chi connectivity index (χ4v) is 3.40. The van der Waals surface area contributed by atoms with Crippen LogP contribution in [0.15, 0.2) is 60.7 Å². The highest BCUT2D eigenvalue weighted by Gasteiger charge is 2.32. The van der Waals surface area contributed by atoms with Crippen LogP contribution in [0.5, 0.6) is 11.5 Å². The minimum atomic E-state index is -0.551. The molecule has 5 nitrogen and oxygen atoms in total. The van der Waals surface area contributed by atoms with E-state index in [9.17, 15) is 4.79 Å². The molecule has 0 aliphatic carbocycles. The van der Waals surface area contributed by atoms with Crippen molar-refractivity contribution < 1.29 is 14.3 Å². The van der Waals surface area contributed by atoms with Gasteiger partial charge in [-0.25, -0.2) is 0 Å². The second kappa shape index (κ2) is 8.27. The van der Waals surface area contributed by atoms with Gasteiger partial charge in [0.15, 0.2) is 11.5 Å². The second-order valence-electron chi connectivity index (χ2n) is 6.80. The molecule has 0 aromatic heterocycles. The van der Waals surface area contributed by atoms with Crippen molar-refractivity contribution in [3.63, 3.8) is 0 Å². The third-order valence-electron chi connectivity index (χ3n) is 4.94. The molecule has 0 bridgehead atoms. The quantitative estimate of drug-likeness (QED) is 0.837. The number of carbonyl (C=O) groups is 1. The summed E-state index contributed by atoms with van der Waals surface area (Å²) in [4.78, 5) is 17.0. The second-order valence-corrected chi connectivity index (χ2v) is 6.80. The van der Waals surface area contributed by atoms with Crippen LogP contribution in [0.1, 0.15) is 5.56 Å². The Hall–Kier alpha value is -2.79. The van der Waals surface area contributed by atoms with Crippen LogP contribution >= 0.6 is 0 Å². The molecular formula is C22H24N2O3. The lowest BCUT2D eigenvalue weighted by Crippen LogP contribution is -2.54. The Kier molecular flexibility index (Phi) is 5.39. The zero-order chi connectivity index (χ0) is 18.5. The van der Waals surface area contributed by atoms with Crippen LogP contribution in [0.2, 0.25) is 0 Å². The van der Waals surface area contributed by atoms with Crippen molar-refractivity contribution in [1.82, 2.24) is 9.80 Å². The fourth-order valence-electron chi connectivity index (χ4n) is 3.40. The smallest absolute Gasteiger partial charge is 0.267 e. The number of nitrogens with zero attached hydrogens (tertiary/aromatic N) is 2. The maximum absolute atomic E-state index is 12.8. The minimum absolute atomic E-state index is 0.0176. The van der Waals surface area contributed by atoms with E-state index < -0.39 is 6.10 Å². The first-order valence-electron chi connectivity index (χ1n) is 9.41. The normalized spacial score (nSPS) is 20.0. The summed E-state index contributed by atoms with van der Waals surface area (Å²) in [5.74, 6) is 1.37. The molecule has 0 spiro atoms. The molecule has 1 atom stereocenters. The summed E-state index contributed by atoms with van der Waals surface area (Å²) >= 11 is 0. The molecule has 0 saturated carbocycles. The van der Waals surface area contributed by atoms with E-state index >= 15 is 0 Å². The Balaban J connectivity index is 1.25. The van der Waals surface area contributed by atoms with Gasteiger partial charge in [-0.2, -0.15) is 0 Å². The van der Waals surface area contributed by atoms with Gasteiger partial charge in [0.25, 0.3) is 5.91 Å². The molecule has 4 rings (SSSR count). The molecule has 0 N–H and O–H groups in total. The Morgan fingerprint density at radius 1 is 0.963 bits per heavy atom. The average Bonchev–Trinajstić information content (AvgIpc) is 2.74. The number of para-hydroxylation sites is 2. The van der Waals surface area contributed by atoms with E-state index in [1.807, 2.05) is 47.4 Å². The van der Waals surface area contributed by atoms with Gasteiger partial charge in [-0.15, -0.1) is 0 Å². The highest BCUT2D eigenvalue weighted by molar-refractivity contribution is 5.82. The zero-order valence-corrected chi connectivity index (χ0v) is 15.3. The summed E-state index contributed by atoms with van der Waals surface area (Å²) in [7, 11) is 0. The number of rotatable bonds is 4. The van der Waals surface area contributed by atoms with Gasteiger partial charge in [0.05, 0.1) is 0 Å². The van der Waals surface area contributed by atoms with E-state index in [2.05, 4.69) is 29.2 Å². The van der Waals surface area contributed by atoms with Crippen molar-refractivity contribution >= 4 is 12.0 Å². The summed E-state index contributed by atoms with van der Waals surface area (Å²) in [6.45, 7) is 4.35. The van der Waals surface area contributed by atoms with Crippen molar-refractivity contribution in [1.29, 1.82) is 0 Å². The van der Waals surface area contributed by atoms with Gasteiger partial charge in [-0.3, -0.25) is 9.69 Å². The number of carbonyl (C=O) groups excluding carboxylic acids is 1. The molecular weight excluding hydrogens is 340 g/mol.